The predicted octanol–water partition coefficient (Wildman–Crippen LogP) is -2.02. The molecule has 0 amide bonds. The molecule has 5 atom stereocenters. The number of rotatable bonds is 2. The van der Waals surface area contributed by atoms with Gasteiger partial charge in [-0.05, 0) is 6.92 Å². The lowest BCUT2D eigenvalue weighted by molar-refractivity contribution is -0.0846. The third-order valence-corrected chi connectivity index (χ3v) is 4.37. The first-order valence-corrected chi connectivity index (χ1v) is 7.77. The Balaban J connectivity index is 2.26. The third-order valence-electron chi connectivity index (χ3n) is 4.37. The lowest BCUT2D eigenvalue weighted by atomic mass is 9.92. The molecule has 1 aliphatic rings. The van der Waals surface area contributed by atoms with E-state index in [1.54, 1.807) is 0 Å². The summed E-state index contributed by atoms with van der Waals surface area (Å²) in [5, 5.41) is 30.5. The molecule has 3 rings (SSSR count). The molecule has 146 valence electrons. The van der Waals surface area contributed by atoms with Crippen LogP contribution in [0.4, 0.5) is 14.7 Å². The number of fused-ring (bicyclic) bond motifs is 1. The number of anilines is 1. The smallest absolute Gasteiger partial charge is 0.285 e. The molecule has 2 aromatic rings. The van der Waals surface area contributed by atoms with Crippen LogP contribution in [0, 0.1) is 17.7 Å². The van der Waals surface area contributed by atoms with Crippen molar-refractivity contribution in [3.63, 3.8) is 0 Å². The van der Waals surface area contributed by atoms with Crippen molar-refractivity contribution < 1.29 is 28.8 Å². The number of aliphatic hydroxyl groups excluding tert-OH is 2. The van der Waals surface area contributed by atoms with Gasteiger partial charge in [0.2, 0.25) is 5.95 Å². The molecule has 1 saturated heterocycles. The lowest BCUT2D eigenvalue weighted by Gasteiger charge is -2.26. The molecule has 3 unspecified atom stereocenters. The number of hydrogen-bond acceptors (Lipinski definition) is 8. The van der Waals surface area contributed by atoms with Gasteiger partial charge in [0.15, 0.2) is 23.3 Å². The number of aromatic nitrogens is 3. The lowest BCUT2D eigenvalue weighted by Crippen LogP contribution is -2.47. The van der Waals surface area contributed by atoms with E-state index in [9.17, 15) is 28.9 Å². The summed E-state index contributed by atoms with van der Waals surface area (Å²) in [6.45, 7) is 0.155. The topological polar surface area (TPSA) is 162 Å². The van der Waals surface area contributed by atoms with Gasteiger partial charge in [-0.25, -0.2) is 8.78 Å². The molecule has 0 spiro atoms. The van der Waals surface area contributed by atoms with E-state index in [0.717, 1.165) is 10.8 Å². The van der Waals surface area contributed by atoms with Crippen molar-refractivity contribution in [1.82, 2.24) is 14.2 Å². The molecular weight excluding hydrogens is 368 g/mol. The normalized spacial score (nSPS) is 28.9. The van der Waals surface area contributed by atoms with Gasteiger partial charge in [-0.15, -0.1) is 0 Å². The van der Waals surface area contributed by atoms with Crippen molar-refractivity contribution in [2.75, 3.05) is 18.3 Å². The Labute approximate surface area is 150 Å². The molecule has 7 N–H and O–H groups in total. The van der Waals surface area contributed by atoms with Crippen molar-refractivity contribution >= 4 is 17.0 Å². The second-order valence-corrected chi connectivity index (χ2v) is 6.13. The number of halogens is 2. The van der Waals surface area contributed by atoms with Crippen molar-refractivity contribution in [3.8, 4) is 11.8 Å². The van der Waals surface area contributed by atoms with Crippen LogP contribution < -0.4 is 17.1 Å². The Bertz CT molecular complexity index is 1010. The fourth-order valence-corrected chi connectivity index (χ4v) is 3.05. The zero-order valence-corrected chi connectivity index (χ0v) is 14.0. The van der Waals surface area contributed by atoms with Gasteiger partial charge in [-0.1, -0.05) is 11.8 Å². The summed E-state index contributed by atoms with van der Waals surface area (Å²) < 4.78 is 33.7. The summed E-state index contributed by atoms with van der Waals surface area (Å²) in [5.74, 6) is 8.04. The number of alkyl halides is 1. The van der Waals surface area contributed by atoms with Crippen LogP contribution in [0.2, 0.25) is 0 Å². The van der Waals surface area contributed by atoms with Crippen LogP contribution in [0.3, 0.4) is 0 Å². The number of nitrogen functional groups attached to an aromatic ring is 2. The largest absolute Gasteiger partial charge is 0.391 e. The van der Waals surface area contributed by atoms with Gasteiger partial charge in [-0.3, -0.25) is 9.36 Å². The molecule has 10 nitrogen and oxygen atoms in total. The van der Waals surface area contributed by atoms with Gasteiger partial charge in [0, 0.05) is 6.20 Å². The number of hydrogen-bond donors (Lipinski definition) is 5. The van der Waals surface area contributed by atoms with Crippen LogP contribution >= 0.6 is 0 Å². The summed E-state index contributed by atoms with van der Waals surface area (Å²) in [4.78, 5) is 16.0. The molecular formula is C15H17F2N5O5. The minimum Gasteiger partial charge on any atom is -0.391 e. The van der Waals surface area contributed by atoms with E-state index in [-0.39, 0.29) is 5.65 Å². The SMILES string of the molecule is C[C@@H](O)[C@H]1OC(n2cc(F)c3c(=O)n(N)c(N)nc32)C(O)(C#CCF)C1O. The van der Waals surface area contributed by atoms with Gasteiger partial charge in [0.25, 0.3) is 5.56 Å². The van der Waals surface area contributed by atoms with Crippen LogP contribution in [-0.4, -0.2) is 60.1 Å². The first-order valence-electron chi connectivity index (χ1n) is 7.77. The Morgan fingerprint density at radius 1 is 1.56 bits per heavy atom. The molecule has 1 aliphatic heterocycles. The molecule has 0 aliphatic carbocycles. The average Bonchev–Trinajstić information content (AvgIpc) is 3.06. The van der Waals surface area contributed by atoms with Crippen LogP contribution in [0.25, 0.3) is 11.0 Å². The Morgan fingerprint density at radius 2 is 2.22 bits per heavy atom. The van der Waals surface area contributed by atoms with Crippen molar-refractivity contribution in [2.45, 2.75) is 37.1 Å². The molecule has 3 heterocycles. The second-order valence-electron chi connectivity index (χ2n) is 6.13. The Morgan fingerprint density at radius 3 is 2.81 bits per heavy atom. The highest BCUT2D eigenvalue weighted by atomic mass is 19.1. The maximum atomic E-state index is 14.4. The highest BCUT2D eigenvalue weighted by Gasteiger charge is 2.57. The van der Waals surface area contributed by atoms with E-state index in [0.29, 0.717) is 4.68 Å². The first-order chi connectivity index (χ1) is 12.6. The quantitative estimate of drug-likeness (QED) is 0.292. The van der Waals surface area contributed by atoms with E-state index in [4.69, 9.17) is 16.3 Å². The summed E-state index contributed by atoms with van der Waals surface area (Å²) in [7, 11) is 0. The van der Waals surface area contributed by atoms with Crippen LogP contribution in [0.5, 0.6) is 0 Å². The fraction of sp³-hybridized carbons (Fsp3) is 0.467. The maximum Gasteiger partial charge on any atom is 0.285 e. The molecule has 27 heavy (non-hydrogen) atoms. The van der Waals surface area contributed by atoms with E-state index in [1.807, 2.05) is 5.92 Å². The van der Waals surface area contributed by atoms with Gasteiger partial charge in [-0.2, -0.15) is 9.66 Å². The van der Waals surface area contributed by atoms with Crippen molar-refractivity contribution in [2.24, 2.45) is 0 Å². The highest BCUT2D eigenvalue weighted by molar-refractivity contribution is 5.77. The Kier molecular flexibility index (Phi) is 4.56. The Hall–Kier alpha value is -2.72. The average molecular weight is 385 g/mol. The number of nitrogens with zero attached hydrogens (tertiary/aromatic N) is 3. The standard InChI is InChI=1S/C15H17F2N5O5/c1-6(23)9-10(24)15(26,3-2-4-16)13(27-9)21-5-7(17)8-11(21)20-14(18)22(19)12(8)25/h5-6,9-10,13,23-24,26H,4,19H2,1H3,(H2,18,20)/t6-,9-,10?,13?,15?/m1/s1. The molecule has 0 saturated carbocycles. The van der Waals surface area contributed by atoms with Gasteiger partial charge in [0.05, 0.1) is 6.10 Å². The number of ether oxygens (including phenoxy) is 1. The van der Waals surface area contributed by atoms with Crippen molar-refractivity contribution in [1.29, 1.82) is 0 Å². The van der Waals surface area contributed by atoms with Gasteiger partial charge < -0.3 is 31.6 Å². The second kappa shape index (κ2) is 6.46. The summed E-state index contributed by atoms with van der Waals surface area (Å²) in [6, 6.07) is 0. The third kappa shape index (κ3) is 2.72. The maximum absolute atomic E-state index is 14.4. The van der Waals surface area contributed by atoms with E-state index < -0.39 is 59.5 Å². The highest BCUT2D eigenvalue weighted by Crippen LogP contribution is 2.41. The molecule has 12 heteroatoms. The summed E-state index contributed by atoms with van der Waals surface area (Å²) in [5.41, 5.74) is 1.78. The van der Waals surface area contributed by atoms with Gasteiger partial charge in [0.1, 0.15) is 24.3 Å². The van der Waals surface area contributed by atoms with E-state index >= 15 is 0 Å². The molecule has 0 aromatic carbocycles. The summed E-state index contributed by atoms with van der Waals surface area (Å²) in [6.07, 6.45) is -5.20. The monoisotopic (exact) mass is 385 g/mol. The minimum absolute atomic E-state index is 0.333. The van der Waals surface area contributed by atoms with Crippen molar-refractivity contribution in [3.05, 3.63) is 22.4 Å². The molecule has 2 aromatic heterocycles. The fourth-order valence-electron chi connectivity index (χ4n) is 3.05. The zero-order chi connectivity index (χ0) is 20.1. The van der Waals surface area contributed by atoms with Crippen LogP contribution in [0.15, 0.2) is 11.0 Å². The molecule has 0 bridgehead atoms. The van der Waals surface area contributed by atoms with Crippen LogP contribution in [0.1, 0.15) is 13.2 Å². The minimum atomic E-state index is -2.43. The van der Waals surface area contributed by atoms with Crippen LogP contribution in [-0.2, 0) is 4.74 Å². The molecule has 1 fully saturated rings. The number of aliphatic hydroxyl groups is 3. The first kappa shape index (κ1) is 19.1. The summed E-state index contributed by atoms with van der Waals surface area (Å²) >= 11 is 0. The zero-order valence-electron chi connectivity index (χ0n) is 14.0. The van der Waals surface area contributed by atoms with Gasteiger partial charge >= 0.3 is 0 Å². The van der Waals surface area contributed by atoms with E-state index in [1.165, 1.54) is 6.92 Å². The van der Waals surface area contributed by atoms with E-state index in [2.05, 4.69) is 10.9 Å². The number of nitrogens with two attached hydrogens (primary N) is 2. The molecule has 0 radical (unpaired) electrons. The predicted molar refractivity (Wildman–Crippen MR) is 88.8 cm³/mol.